The molecule has 3 aromatic rings. The number of rotatable bonds is 10. The van der Waals surface area contributed by atoms with Gasteiger partial charge in [0.2, 0.25) is 0 Å². The summed E-state index contributed by atoms with van der Waals surface area (Å²) in [5, 5.41) is 3.29. The molecule has 3 aromatic carbocycles. The number of alkyl halides is 3. The minimum Gasteiger partial charge on any atom is -0.406 e. The van der Waals surface area contributed by atoms with E-state index >= 15 is 0 Å². The van der Waals surface area contributed by atoms with Crippen molar-refractivity contribution in [2.75, 3.05) is 6.54 Å². The van der Waals surface area contributed by atoms with Crippen molar-refractivity contribution in [3.63, 3.8) is 0 Å². The molecule has 0 saturated carbocycles. The van der Waals surface area contributed by atoms with Crippen LogP contribution in [0.3, 0.4) is 0 Å². The van der Waals surface area contributed by atoms with Gasteiger partial charge in [0, 0.05) is 6.54 Å². The van der Waals surface area contributed by atoms with E-state index in [1.165, 1.54) is 28.8 Å². The Hall–Kier alpha value is -3.05. The molecule has 5 heteroatoms. The predicted molar refractivity (Wildman–Crippen MR) is 119 cm³/mol. The smallest absolute Gasteiger partial charge is 0.406 e. The van der Waals surface area contributed by atoms with E-state index in [-0.39, 0.29) is 5.75 Å². The van der Waals surface area contributed by atoms with Crippen LogP contribution in [0.25, 0.3) is 5.57 Å². The van der Waals surface area contributed by atoms with Gasteiger partial charge in [0.25, 0.3) is 0 Å². The SMILES string of the molecule is FC(F)(F)Oc1cccc(CNCCCCC=C(c2ccccc2)c2ccccc2)c1. The molecule has 0 aliphatic heterocycles. The van der Waals surface area contributed by atoms with Gasteiger partial charge >= 0.3 is 6.36 Å². The summed E-state index contributed by atoms with van der Waals surface area (Å²) in [5.41, 5.74) is 4.40. The highest BCUT2D eigenvalue weighted by Crippen LogP contribution is 2.25. The van der Waals surface area contributed by atoms with E-state index in [1.807, 2.05) is 36.4 Å². The average Bonchev–Trinajstić information content (AvgIpc) is 2.76. The van der Waals surface area contributed by atoms with E-state index in [0.717, 1.165) is 31.4 Å². The van der Waals surface area contributed by atoms with Gasteiger partial charge in [-0.3, -0.25) is 0 Å². The molecule has 31 heavy (non-hydrogen) atoms. The number of allylic oxidation sites excluding steroid dienone is 1. The van der Waals surface area contributed by atoms with E-state index in [1.54, 1.807) is 12.1 Å². The molecule has 0 aromatic heterocycles. The Bertz CT molecular complexity index is 912. The lowest BCUT2D eigenvalue weighted by molar-refractivity contribution is -0.274. The summed E-state index contributed by atoms with van der Waals surface area (Å²) in [4.78, 5) is 0. The van der Waals surface area contributed by atoms with E-state index < -0.39 is 6.36 Å². The highest BCUT2D eigenvalue weighted by Gasteiger charge is 2.31. The van der Waals surface area contributed by atoms with Crippen LogP contribution in [0.4, 0.5) is 13.2 Å². The summed E-state index contributed by atoms with van der Waals surface area (Å²) in [6.07, 6.45) is 0.565. The number of hydrogen-bond donors (Lipinski definition) is 1. The van der Waals surface area contributed by atoms with Crippen LogP contribution in [0.2, 0.25) is 0 Å². The first-order chi connectivity index (χ1) is 15.0. The molecule has 0 bridgehead atoms. The number of hydrogen-bond acceptors (Lipinski definition) is 2. The van der Waals surface area contributed by atoms with Crippen LogP contribution in [0, 0.1) is 0 Å². The first-order valence-electron chi connectivity index (χ1n) is 10.4. The fourth-order valence-corrected chi connectivity index (χ4v) is 3.36. The molecule has 0 fully saturated rings. The Morgan fingerprint density at radius 3 is 2.06 bits per heavy atom. The number of benzene rings is 3. The molecule has 0 atom stereocenters. The largest absolute Gasteiger partial charge is 0.573 e. The van der Waals surface area contributed by atoms with Gasteiger partial charge in [-0.05, 0) is 60.2 Å². The van der Waals surface area contributed by atoms with Crippen molar-refractivity contribution in [2.45, 2.75) is 32.2 Å². The molecule has 1 N–H and O–H groups in total. The van der Waals surface area contributed by atoms with Gasteiger partial charge in [0.1, 0.15) is 5.75 Å². The molecule has 0 spiro atoms. The van der Waals surface area contributed by atoms with Gasteiger partial charge in [-0.25, -0.2) is 0 Å². The van der Waals surface area contributed by atoms with Crippen LogP contribution >= 0.6 is 0 Å². The molecule has 0 unspecified atom stereocenters. The molecular formula is C26H26F3NO. The highest BCUT2D eigenvalue weighted by molar-refractivity contribution is 5.79. The topological polar surface area (TPSA) is 21.3 Å². The van der Waals surface area contributed by atoms with Crippen molar-refractivity contribution >= 4 is 5.57 Å². The van der Waals surface area contributed by atoms with E-state index in [4.69, 9.17) is 0 Å². The minimum absolute atomic E-state index is 0.189. The third-order valence-electron chi connectivity index (χ3n) is 4.79. The van der Waals surface area contributed by atoms with Crippen molar-refractivity contribution in [3.05, 3.63) is 108 Å². The van der Waals surface area contributed by atoms with Gasteiger partial charge in [-0.1, -0.05) is 78.9 Å². The zero-order valence-electron chi connectivity index (χ0n) is 17.2. The minimum atomic E-state index is -4.67. The van der Waals surface area contributed by atoms with Crippen LogP contribution in [-0.2, 0) is 6.54 Å². The van der Waals surface area contributed by atoms with Gasteiger partial charge in [0.15, 0.2) is 0 Å². The summed E-state index contributed by atoms with van der Waals surface area (Å²) < 4.78 is 40.9. The standard InChI is InChI=1S/C26H26F3NO/c27-26(28,29)31-24-16-10-11-21(19-24)20-30-18-9-3-8-17-25(22-12-4-1-5-13-22)23-14-6-2-7-15-23/h1-2,4-7,10-17,19,30H,3,8-9,18,20H2. The molecule has 0 saturated heterocycles. The summed E-state index contributed by atoms with van der Waals surface area (Å²) in [6.45, 7) is 1.30. The summed E-state index contributed by atoms with van der Waals surface area (Å²) in [7, 11) is 0. The highest BCUT2D eigenvalue weighted by atomic mass is 19.4. The number of ether oxygens (including phenoxy) is 1. The molecule has 3 rings (SSSR count). The Balaban J connectivity index is 1.46. The molecule has 0 aliphatic carbocycles. The second-order valence-electron chi connectivity index (χ2n) is 7.22. The summed E-state index contributed by atoms with van der Waals surface area (Å²) in [5.74, 6) is -0.189. The monoisotopic (exact) mass is 425 g/mol. The third-order valence-corrected chi connectivity index (χ3v) is 4.79. The van der Waals surface area contributed by atoms with Crippen LogP contribution < -0.4 is 10.1 Å². The fraction of sp³-hybridized carbons (Fsp3) is 0.231. The second-order valence-corrected chi connectivity index (χ2v) is 7.22. The van der Waals surface area contributed by atoms with Crippen molar-refractivity contribution in [3.8, 4) is 5.75 Å². The quantitative estimate of drug-likeness (QED) is 0.354. The number of nitrogens with one attached hydrogen (secondary N) is 1. The molecule has 0 aliphatic rings. The summed E-state index contributed by atoms with van der Waals surface area (Å²) >= 11 is 0. The molecule has 2 nitrogen and oxygen atoms in total. The number of halogens is 3. The summed E-state index contributed by atoms with van der Waals surface area (Å²) in [6, 6.07) is 26.8. The second kappa shape index (κ2) is 11.4. The van der Waals surface area contributed by atoms with Crippen LogP contribution in [0.1, 0.15) is 36.0 Å². The maximum atomic E-state index is 12.3. The number of unbranched alkanes of at least 4 members (excludes halogenated alkanes) is 2. The molecule has 0 radical (unpaired) electrons. The molecular weight excluding hydrogens is 399 g/mol. The first kappa shape index (κ1) is 22.6. The van der Waals surface area contributed by atoms with Crippen molar-refractivity contribution in [2.24, 2.45) is 0 Å². The Morgan fingerprint density at radius 2 is 1.45 bits per heavy atom. The maximum absolute atomic E-state index is 12.3. The first-order valence-corrected chi connectivity index (χ1v) is 10.4. The van der Waals surface area contributed by atoms with Crippen LogP contribution in [0.5, 0.6) is 5.75 Å². The van der Waals surface area contributed by atoms with Gasteiger partial charge in [0.05, 0.1) is 0 Å². The molecule has 0 amide bonds. The van der Waals surface area contributed by atoms with Gasteiger partial charge in [-0.2, -0.15) is 0 Å². The maximum Gasteiger partial charge on any atom is 0.573 e. The third kappa shape index (κ3) is 7.95. The van der Waals surface area contributed by atoms with Crippen molar-refractivity contribution in [1.29, 1.82) is 0 Å². The average molecular weight is 425 g/mol. The van der Waals surface area contributed by atoms with E-state index in [0.29, 0.717) is 6.54 Å². The van der Waals surface area contributed by atoms with Crippen molar-refractivity contribution < 1.29 is 17.9 Å². The van der Waals surface area contributed by atoms with Crippen molar-refractivity contribution in [1.82, 2.24) is 5.32 Å². The predicted octanol–water partition coefficient (Wildman–Crippen LogP) is 6.98. The Morgan fingerprint density at radius 1 is 0.806 bits per heavy atom. The van der Waals surface area contributed by atoms with Crippen LogP contribution in [0.15, 0.2) is 91.0 Å². The van der Waals surface area contributed by atoms with Gasteiger partial charge < -0.3 is 10.1 Å². The van der Waals surface area contributed by atoms with E-state index in [9.17, 15) is 13.2 Å². The van der Waals surface area contributed by atoms with Crippen LogP contribution in [-0.4, -0.2) is 12.9 Å². The lowest BCUT2D eigenvalue weighted by Crippen LogP contribution is -2.18. The fourth-order valence-electron chi connectivity index (χ4n) is 3.36. The zero-order chi connectivity index (χ0) is 21.9. The molecule has 0 heterocycles. The molecule has 162 valence electrons. The van der Waals surface area contributed by atoms with Gasteiger partial charge in [-0.15, -0.1) is 13.2 Å². The lowest BCUT2D eigenvalue weighted by atomic mass is 9.96. The normalized spacial score (nSPS) is 11.2. The Kier molecular flexibility index (Phi) is 8.30. The lowest BCUT2D eigenvalue weighted by Gasteiger charge is -2.11. The van der Waals surface area contributed by atoms with E-state index in [2.05, 4.69) is 40.4 Å². The zero-order valence-corrected chi connectivity index (χ0v) is 17.2. The Labute approximate surface area is 181 Å².